The normalized spacial score (nSPS) is 15.5. The number of ether oxygens (including phenoxy) is 1. The highest BCUT2D eigenvalue weighted by Gasteiger charge is 2.63. The van der Waals surface area contributed by atoms with E-state index in [1.54, 1.807) is 63.3 Å². The minimum absolute atomic E-state index is 0.0109. The van der Waals surface area contributed by atoms with Gasteiger partial charge in [0.05, 0.1) is 24.1 Å². The number of carbonyl (C=O) groups excluding carboxylic acids is 1. The van der Waals surface area contributed by atoms with E-state index in [0.29, 0.717) is 17.0 Å². The Balaban J connectivity index is 1.93. The molecule has 1 aromatic heterocycles. The Labute approximate surface area is 204 Å². The van der Waals surface area contributed by atoms with Crippen LogP contribution in [0.2, 0.25) is 0 Å². The van der Waals surface area contributed by atoms with Crippen LogP contribution in [0.4, 0.5) is 22.0 Å². The number of benzene rings is 2. The molecule has 0 N–H and O–H groups in total. The standard InChI is InChI=1S/C27H23F5N2O2/c1-16-20(15-12-17-10-13-19(36-4)14-11-17)34-24(25(16,2)3)21(22(35)18-8-6-5-7-9-18)23(33-34)26(28,29)27(30,31)32/h5-15H,1-4H3/b15-12+. The Hall–Kier alpha value is -3.75. The molecule has 1 aliphatic rings. The monoisotopic (exact) mass is 502 g/mol. The van der Waals surface area contributed by atoms with Crippen molar-refractivity contribution in [3.8, 4) is 5.75 Å². The van der Waals surface area contributed by atoms with Gasteiger partial charge in [-0.05, 0) is 36.3 Å². The predicted molar refractivity (Wildman–Crippen MR) is 126 cm³/mol. The molecule has 4 rings (SSSR count). The van der Waals surface area contributed by atoms with E-state index in [0.717, 1.165) is 10.2 Å². The number of ketones is 1. The molecular formula is C27H23F5N2O2. The molecule has 2 heterocycles. The minimum Gasteiger partial charge on any atom is -0.497 e. The largest absolute Gasteiger partial charge is 0.497 e. The topological polar surface area (TPSA) is 44.1 Å². The van der Waals surface area contributed by atoms with Crippen molar-refractivity contribution in [3.05, 3.63) is 94.3 Å². The molecule has 0 saturated heterocycles. The number of rotatable bonds is 6. The van der Waals surface area contributed by atoms with Gasteiger partial charge in [0.2, 0.25) is 0 Å². The molecule has 4 nitrogen and oxygen atoms in total. The summed E-state index contributed by atoms with van der Waals surface area (Å²) in [6.45, 7) is 5.07. The van der Waals surface area contributed by atoms with Crippen LogP contribution in [-0.2, 0) is 11.3 Å². The molecule has 0 spiro atoms. The van der Waals surface area contributed by atoms with Crippen LogP contribution < -0.4 is 4.74 Å². The van der Waals surface area contributed by atoms with E-state index in [4.69, 9.17) is 4.74 Å². The van der Waals surface area contributed by atoms with E-state index in [1.165, 1.54) is 31.4 Å². The van der Waals surface area contributed by atoms with E-state index in [9.17, 15) is 26.7 Å². The Morgan fingerprint density at radius 1 is 0.972 bits per heavy atom. The molecule has 0 saturated carbocycles. The number of fused-ring (bicyclic) bond motifs is 1. The lowest BCUT2D eigenvalue weighted by atomic mass is 9.79. The molecule has 0 unspecified atom stereocenters. The summed E-state index contributed by atoms with van der Waals surface area (Å²) >= 11 is 0. The summed E-state index contributed by atoms with van der Waals surface area (Å²) in [6, 6.07) is 14.4. The molecule has 36 heavy (non-hydrogen) atoms. The van der Waals surface area contributed by atoms with Crippen molar-refractivity contribution in [2.45, 2.75) is 38.3 Å². The molecule has 0 atom stereocenters. The highest BCUT2D eigenvalue weighted by atomic mass is 19.4. The summed E-state index contributed by atoms with van der Waals surface area (Å²) in [5.41, 5.74) is -1.68. The summed E-state index contributed by atoms with van der Waals surface area (Å²) in [5.74, 6) is -5.64. The lowest BCUT2D eigenvalue weighted by molar-refractivity contribution is -0.291. The molecule has 0 fully saturated rings. The highest BCUT2D eigenvalue weighted by molar-refractivity contribution is 6.11. The van der Waals surface area contributed by atoms with E-state index in [2.05, 4.69) is 5.10 Å². The second kappa shape index (κ2) is 8.72. The van der Waals surface area contributed by atoms with Gasteiger partial charge in [0.15, 0.2) is 11.5 Å². The highest BCUT2D eigenvalue weighted by Crippen LogP contribution is 2.51. The maximum absolute atomic E-state index is 14.8. The van der Waals surface area contributed by atoms with Gasteiger partial charge in [-0.3, -0.25) is 4.79 Å². The summed E-state index contributed by atoms with van der Waals surface area (Å²) in [5, 5.41) is 3.74. The maximum atomic E-state index is 14.8. The molecule has 0 amide bonds. The second-order valence-corrected chi connectivity index (χ2v) is 8.99. The zero-order chi connectivity index (χ0) is 26.5. The lowest BCUT2D eigenvalue weighted by Crippen LogP contribution is -2.36. The van der Waals surface area contributed by atoms with Crippen LogP contribution >= 0.6 is 0 Å². The number of alkyl halides is 5. The Morgan fingerprint density at radius 3 is 2.14 bits per heavy atom. The number of hydrogen-bond acceptors (Lipinski definition) is 3. The fourth-order valence-electron chi connectivity index (χ4n) is 4.22. The zero-order valence-electron chi connectivity index (χ0n) is 20.0. The fraction of sp³-hybridized carbons (Fsp3) is 0.259. The van der Waals surface area contributed by atoms with Crippen LogP contribution in [-0.4, -0.2) is 28.8 Å². The van der Waals surface area contributed by atoms with Crippen molar-refractivity contribution in [3.63, 3.8) is 0 Å². The van der Waals surface area contributed by atoms with Crippen LogP contribution in [0.3, 0.4) is 0 Å². The van der Waals surface area contributed by atoms with Gasteiger partial charge in [-0.2, -0.15) is 27.1 Å². The number of carbonyl (C=O) groups is 1. The summed E-state index contributed by atoms with van der Waals surface area (Å²) in [6.07, 6.45) is -2.66. The summed E-state index contributed by atoms with van der Waals surface area (Å²) in [4.78, 5) is 13.4. The molecular weight excluding hydrogens is 479 g/mol. The van der Waals surface area contributed by atoms with E-state index < -0.39 is 34.6 Å². The predicted octanol–water partition coefficient (Wildman–Crippen LogP) is 7.01. The van der Waals surface area contributed by atoms with Crippen molar-refractivity contribution in [2.24, 2.45) is 0 Å². The lowest BCUT2D eigenvalue weighted by Gasteiger charge is -2.23. The van der Waals surface area contributed by atoms with Gasteiger partial charge in [-0.25, -0.2) is 4.68 Å². The third kappa shape index (κ3) is 4.02. The maximum Gasteiger partial charge on any atom is 0.459 e. The van der Waals surface area contributed by atoms with Crippen molar-refractivity contribution in [2.75, 3.05) is 7.11 Å². The molecule has 0 aliphatic carbocycles. The number of nitrogens with zero attached hydrogens (tertiary/aromatic N) is 2. The van der Waals surface area contributed by atoms with Gasteiger partial charge < -0.3 is 4.74 Å². The van der Waals surface area contributed by atoms with Gasteiger partial charge in [0.1, 0.15) is 5.75 Å². The number of hydrogen-bond donors (Lipinski definition) is 0. The van der Waals surface area contributed by atoms with Gasteiger partial charge in [-0.15, -0.1) is 0 Å². The molecule has 3 aromatic rings. The van der Waals surface area contributed by atoms with Crippen molar-refractivity contribution in [1.82, 2.24) is 9.78 Å². The van der Waals surface area contributed by atoms with Crippen molar-refractivity contribution >= 4 is 17.6 Å². The van der Waals surface area contributed by atoms with Gasteiger partial charge in [0.25, 0.3) is 0 Å². The average Bonchev–Trinajstić information content (AvgIpc) is 3.32. The number of allylic oxidation sites excluding steroid dienone is 3. The van der Waals surface area contributed by atoms with Crippen molar-refractivity contribution in [1.29, 1.82) is 0 Å². The van der Waals surface area contributed by atoms with Crippen LogP contribution in [0.1, 0.15) is 53.6 Å². The first kappa shape index (κ1) is 25.3. The van der Waals surface area contributed by atoms with Crippen LogP contribution in [0, 0.1) is 0 Å². The fourth-order valence-corrected chi connectivity index (χ4v) is 4.22. The number of methoxy groups -OCH3 is 1. The summed E-state index contributed by atoms with van der Waals surface area (Å²) in [7, 11) is 1.53. The Kier molecular flexibility index (Phi) is 6.14. The second-order valence-electron chi connectivity index (χ2n) is 8.99. The first-order valence-electron chi connectivity index (χ1n) is 11.0. The van der Waals surface area contributed by atoms with E-state index in [1.807, 2.05) is 0 Å². The Bertz CT molecular complexity index is 1370. The summed E-state index contributed by atoms with van der Waals surface area (Å²) < 4.78 is 76.1. The number of aromatic nitrogens is 2. The molecule has 0 bridgehead atoms. The smallest absolute Gasteiger partial charge is 0.459 e. The quantitative estimate of drug-likeness (QED) is 0.269. The minimum atomic E-state index is -5.93. The van der Waals surface area contributed by atoms with Gasteiger partial charge >= 0.3 is 12.1 Å². The van der Waals surface area contributed by atoms with Crippen LogP contribution in [0.15, 0.2) is 66.2 Å². The Morgan fingerprint density at radius 2 is 1.58 bits per heavy atom. The first-order valence-corrected chi connectivity index (χ1v) is 11.0. The van der Waals surface area contributed by atoms with E-state index in [-0.39, 0.29) is 11.3 Å². The molecule has 0 radical (unpaired) electrons. The first-order chi connectivity index (χ1) is 16.8. The van der Waals surface area contributed by atoms with Crippen LogP contribution in [0.25, 0.3) is 11.8 Å². The molecule has 9 heteroatoms. The van der Waals surface area contributed by atoms with Crippen molar-refractivity contribution < 1.29 is 31.5 Å². The third-order valence-corrected chi connectivity index (χ3v) is 6.49. The van der Waals surface area contributed by atoms with Crippen LogP contribution in [0.5, 0.6) is 5.75 Å². The average molecular weight is 502 g/mol. The SMILES string of the molecule is COc1ccc(/C=C/C2=C(C)C(C)(C)c3c(C(=O)c4ccccc4)c(C(F)(F)C(F)(F)F)nn32)cc1. The third-order valence-electron chi connectivity index (χ3n) is 6.49. The molecule has 2 aromatic carbocycles. The zero-order valence-corrected chi connectivity index (χ0v) is 20.0. The molecule has 188 valence electrons. The van der Waals surface area contributed by atoms with Gasteiger partial charge in [-0.1, -0.05) is 62.4 Å². The number of halogens is 5. The van der Waals surface area contributed by atoms with E-state index >= 15 is 0 Å². The van der Waals surface area contributed by atoms with Gasteiger partial charge in [0, 0.05) is 11.0 Å². The molecule has 1 aliphatic heterocycles.